The zero-order valence-corrected chi connectivity index (χ0v) is 17.5. The Kier molecular flexibility index (Phi) is 6.24. The third kappa shape index (κ3) is 4.00. The summed E-state index contributed by atoms with van der Waals surface area (Å²) >= 11 is 14.0. The molecule has 0 spiro atoms. The van der Waals surface area contributed by atoms with Crippen molar-refractivity contribution in [2.24, 2.45) is 7.05 Å². The zero-order chi connectivity index (χ0) is 20.6. The monoisotopic (exact) mass is 447 g/mol. The fraction of sp³-hybridized carbons (Fsp3) is 0.333. The molecule has 0 saturated carbocycles. The van der Waals surface area contributed by atoms with Crippen LogP contribution in [0.25, 0.3) is 10.1 Å². The summed E-state index contributed by atoms with van der Waals surface area (Å²) in [6.07, 6.45) is -2.16. The molecule has 1 N–H and O–H groups in total. The van der Waals surface area contributed by atoms with Crippen LogP contribution in [0.5, 0.6) is 0 Å². The van der Waals surface area contributed by atoms with Crippen LogP contribution in [-0.2, 0) is 11.8 Å². The lowest BCUT2D eigenvalue weighted by atomic mass is 10.1. The van der Waals surface area contributed by atoms with Crippen molar-refractivity contribution >= 4 is 50.5 Å². The van der Waals surface area contributed by atoms with E-state index in [0.29, 0.717) is 10.0 Å². The molecule has 2 heterocycles. The first-order valence-electron chi connectivity index (χ1n) is 8.25. The highest BCUT2D eigenvalue weighted by Gasteiger charge is 2.29. The Morgan fingerprint density at radius 2 is 2.07 bits per heavy atom. The van der Waals surface area contributed by atoms with Gasteiger partial charge < -0.3 is 10.1 Å². The smallest absolute Gasteiger partial charge is 0.282 e. The standard InChI is InChI=1S/C18H17Cl2F2N3O2S/c1-8(23-18(26)11-7-25(2)24-14(11)17(21)22)15(27-3)16-13(20)10-6-9(19)4-5-12(10)28-16/h4-8,15,17H,1-3H3,(H,23,26). The van der Waals surface area contributed by atoms with E-state index in [4.69, 9.17) is 27.9 Å². The lowest BCUT2D eigenvalue weighted by molar-refractivity contribution is 0.0659. The van der Waals surface area contributed by atoms with Crippen LogP contribution in [0.2, 0.25) is 10.0 Å². The Balaban J connectivity index is 1.87. The number of carbonyl (C=O) groups excluding carboxylic acids is 1. The average molecular weight is 448 g/mol. The van der Waals surface area contributed by atoms with Crippen molar-refractivity contribution in [2.45, 2.75) is 25.5 Å². The summed E-state index contributed by atoms with van der Waals surface area (Å²) in [5, 5.41) is 8.21. The number of fused-ring (bicyclic) bond motifs is 1. The van der Waals surface area contributed by atoms with Crippen molar-refractivity contribution < 1.29 is 18.3 Å². The van der Waals surface area contributed by atoms with Gasteiger partial charge in [-0.2, -0.15) is 5.10 Å². The van der Waals surface area contributed by atoms with Crippen molar-refractivity contribution in [3.8, 4) is 0 Å². The highest BCUT2D eigenvalue weighted by molar-refractivity contribution is 7.19. The van der Waals surface area contributed by atoms with Crippen LogP contribution in [0, 0.1) is 0 Å². The van der Waals surface area contributed by atoms with Gasteiger partial charge in [0, 0.05) is 35.5 Å². The number of amides is 1. The fourth-order valence-corrected chi connectivity index (χ4v) is 4.85. The number of thiophene rings is 1. The molecule has 28 heavy (non-hydrogen) atoms. The summed E-state index contributed by atoms with van der Waals surface area (Å²) in [5.74, 6) is -0.654. The maximum Gasteiger partial charge on any atom is 0.282 e. The highest BCUT2D eigenvalue weighted by atomic mass is 35.5. The summed E-state index contributed by atoms with van der Waals surface area (Å²) in [7, 11) is 2.97. The maximum atomic E-state index is 13.1. The summed E-state index contributed by atoms with van der Waals surface area (Å²) < 4.78 is 33.9. The molecular formula is C18H17Cl2F2N3O2S. The average Bonchev–Trinajstić information content (AvgIpc) is 3.17. The molecule has 2 atom stereocenters. The Hall–Kier alpha value is -1.74. The predicted octanol–water partition coefficient (Wildman–Crippen LogP) is 5.39. The Morgan fingerprint density at radius 1 is 1.36 bits per heavy atom. The van der Waals surface area contributed by atoms with Gasteiger partial charge in [-0.1, -0.05) is 23.2 Å². The molecule has 0 aliphatic heterocycles. The number of benzene rings is 1. The van der Waals surface area contributed by atoms with Crippen LogP contribution in [0.15, 0.2) is 24.4 Å². The first kappa shape index (κ1) is 21.0. The van der Waals surface area contributed by atoms with E-state index in [9.17, 15) is 13.6 Å². The molecule has 150 valence electrons. The molecule has 3 rings (SSSR count). The second-order valence-corrected chi connectivity index (χ2v) is 8.14. The van der Waals surface area contributed by atoms with Gasteiger partial charge in [0.05, 0.1) is 21.5 Å². The number of halogens is 4. The molecule has 3 aromatic rings. The minimum absolute atomic E-state index is 0.173. The van der Waals surface area contributed by atoms with Crippen molar-refractivity contribution in [3.63, 3.8) is 0 Å². The van der Waals surface area contributed by atoms with E-state index in [0.717, 1.165) is 15.0 Å². The van der Waals surface area contributed by atoms with Crippen LogP contribution in [0.1, 0.15) is 40.4 Å². The molecule has 0 aliphatic carbocycles. The van der Waals surface area contributed by atoms with Crippen molar-refractivity contribution in [1.82, 2.24) is 15.1 Å². The molecule has 1 aromatic carbocycles. The van der Waals surface area contributed by atoms with Gasteiger partial charge in [-0.05, 0) is 25.1 Å². The van der Waals surface area contributed by atoms with Crippen LogP contribution in [-0.4, -0.2) is 28.8 Å². The van der Waals surface area contributed by atoms with Crippen molar-refractivity contribution in [1.29, 1.82) is 0 Å². The first-order chi connectivity index (χ1) is 13.2. The van der Waals surface area contributed by atoms with E-state index >= 15 is 0 Å². The quantitative estimate of drug-likeness (QED) is 0.551. The van der Waals surface area contributed by atoms with Crippen LogP contribution in [0.3, 0.4) is 0 Å². The van der Waals surface area contributed by atoms with Gasteiger partial charge >= 0.3 is 0 Å². The van der Waals surface area contributed by atoms with Crippen molar-refractivity contribution in [3.05, 3.63) is 50.6 Å². The molecule has 0 radical (unpaired) electrons. The number of nitrogens with one attached hydrogen (secondary N) is 1. The van der Waals surface area contributed by atoms with E-state index in [2.05, 4.69) is 10.4 Å². The fourth-order valence-electron chi connectivity index (χ4n) is 2.98. The number of ether oxygens (including phenoxy) is 1. The molecule has 1 amide bonds. The Bertz CT molecular complexity index is 1020. The molecule has 2 aromatic heterocycles. The van der Waals surface area contributed by atoms with E-state index in [1.165, 1.54) is 36.4 Å². The number of hydrogen-bond acceptors (Lipinski definition) is 4. The summed E-state index contributed by atoms with van der Waals surface area (Å²) in [4.78, 5) is 13.3. The second kappa shape index (κ2) is 8.32. The van der Waals surface area contributed by atoms with Crippen molar-refractivity contribution in [2.75, 3.05) is 7.11 Å². The minimum atomic E-state index is -2.85. The molecule has 0 fully saturated rings. The highest BCUT2D eigenvalue weighted by Crippen LogP contribution is 2.42. The Morgan fingerprint density at radius 3 is 2.71 bits per heavy atom. The van der Waals surface area contributed by atoms with Gasteiger partial charge in [0.1, 0.15) is 11.8 Å². The number of alkyl halides is 2. The molecule has 2 unspecified atom stereocenters. The van der Waals surface area contributed by atoms with Crippen LogP contribution < -0.4 is 5.32 Å². The number of aromatic nitrogens is 2. The van der Waals surface area contributed by atoms with E-state index in [1.807, 2.05) is 6.07 Å². The SMILES string of the molecule is COC(c1sc2ccc(Cl)cc2c1Cl)C(C)NC(=O)c1cn(C)nc1C(F)F. The van der Waals surface area contributed by atoms with Gasteiger partial charge in [-0.25, -0.2) is 8.78 Å². The minimum Gasteiger partial charge on any atom is -0.374 e. The third-order valence-electron chi connectivity index (χ3n) is 4.25. The lowest BCUT2D eigenvalue weighted by Gasteiger charge is -2.23. The predicted molar refractivity (Wildman–Crippen MR) is 107 cm³/mol. The van der Waals surface area contributed by atoms with Gasteiger partial charge in [-0.3, -0.25) is 9.48 Å². The van der Waals surface area contributed by atoms with Gasteiger partial charge in [-0.15, -0.1) is 11.3 Å². The number of methoxy groups -OCH3 is 1. The van der Waals surface area contributed by atoms with Crippen LogP contribution >= 0.6 is 34.5 Å². The third-order valence-corrected chi connectivity index (χ3v) is 6.23. The normalized spacial score (nSPS) is 13.9. The molecule has 5 nitrogen and oxygen atoms in total. The Labute approximate surface area is 174 Å². The topological polar surface area (TPSA) is 56.1 Å². The molecular weight excluding hydrogens is 431 g/mol. The first-order valence-corrected chi connectivity index (χ1v) is 9.83. The number of hydrogen-bond donors (Lipinski definition) is 1. The van der Waals surface area contributed by atoms with E-state index in [1.54, 1.807) is 19.1 Å². The number of rotatable bonds is 6. The molecule has 0 saturated heterocycles. The maximum absolute atomic E-state index is 13.1. The largest absolute Gasteiger partial charge is 0.374 e. The van der Waals surface area contributed by atoms with Gasteiger partial charge in [0.25, 0.3) is 12.3 Å². The summed E-state index contributed by atoms with van der Waals surface area (Å²) in [6.45, 7) is 1.72. The summed E-state index contributed by atoms with van der Waals surface area (Å²) in [6, 6.07) is 4.85. The van der Waals surface area contributed by atoms with Gasteiger partial charge in [0.15, 0.2) is 0 Å². The second-order valence-electron chi connectivity index (χ2n) is 6.24. The number of aryl methyl sites for hydroxylation is 1. The zero-order valence-electron chi connectivity index (χ0n) is 15.2. The lowest BCUT2D eigenvalue weighted by Crippen LogP contribution is -2.37. The number of carbonyl (C=O) groups is 1. The molecule has 0 bridgehead atoms. The van der Waals surface area contributed by atoms with E-state index < -0.39 is 30.2 Å². The van der Waals surface area contributed by atoms with E-state index in [-0.39, 0.29) is 5.56 Å². The van der Waals surface area contributed by atoms with Gasteiger partial charge in [0.2, 0.25) is 0 Å². The van der Waals surface area contributed by atoms with Crippen LogP contribution in [0.4, 0.5) is 8.78 Å². The molecule has 10 heteroatoms. The molecule has 0 aliphatic rings. The number of nitrogens with zero attached hydrogens (tertiary/aromatic N) is 2. The summed E-state index contributed by atoms with van der Waals surface area (Å²) in [5.41, 5.74) is -0.732.